The Morgan fingerprint density at radius 3 is 2.55 bits per heavy atom. The van der Waals surface area contributed by atoms with E-state index in [0.29, 0.717) is 58.4 Å². The Kier molecular flexibility index (Phi) is 6.01. The molecule has 1 fully saturated rings. The minimum Gasteiger partial charge on any atom is -0.451 e. The number of ether oxygens (including phenoxy) is 1. The van der Waals surface area contributed by atoms with E-state index in [0.717, 1.165) is 5.69 Å². The molecule has 1 aliphatic heterocycles. The molecule has 1 saturated heterocycles. The van der Waals surface area contributed by atoms with Crippen LogP contribution in [0.3, 0.4) is 0 Å². The van der Waals surface area contributed by atoms with Crippen molar-refractivity contribution in [3.63, 3.8) is 0 Å². The van der Waals surface area contributed by atoms with Crippen molar-refractivity contribution in [3.8, 4) is 11.3 Å². The Morgan fingerprint density at radius 1 is 0.966 bits per heavy atom. The number of morpholine rings is 1. The fraction of sp³-hybridized carbons (Fsp3) is 0.190. The molecule has 0 unspecified atom stereocenters. The topological polar surface area (TPSA) is 54.7 Å². The zero-order chi connectivity index (χ0) is 20.4. The van der Waals surface area contributed by atoms with Gasteiger partial charge in [0.2, 0.25) is 0 Å². The minimum absolute atomic E-state index is 0.156. The summed E-state index contributed by atoms with van der Waals surface area (Å²) in [6, 6.07) is 13.8. The van der Waals surface area contributed by atoms with Gasteiger partial charge >= 0.3 is 0 Å². The number of hydrogen-bond acceptors (Lipinski definition) is 4. The molecule has 3 aromatic rings. The van der Waals surface area contributed by atoms with Crippen molar-refractivity contribution in [2.24, 2.45) is 0 Å². The van der Waals surface area contributed by atoms with Crippen LogP contribution in [-0.2, 0) is 4.74 Å². The first kappa shape index (κ1) is 20.1. The molecule has 29 heavy (non-hydrogen) atoms. The van der Waals surface area contributed by atoms with E-state index in [1.807, 2.05) is 6.07 Å². The highest BCUT2D eigenvalue weighted by Crippen LogP contribution is 2.35. The van der Waals surface area contributed by atoms with Gasteiger partial charge in [-0.1, -0.05) is 40.9 Å². The Hall–Kier alpha value is -2.18. The zero-order valence-electron chi connectivity index (χ0n) is 15.3. The highest BCUT2D eigenvalue weighted by Gasteiger charge is 2.21. The molecule has 2 heterocycles. The third-order valence-corrected chi connectivity index (χ3v) is 5.46. The summed E-state index contributed by atoms with van der Waals surface area (Å²) in [7, 11) is 0. The molecular weight excluding hydrogens is 435 g/mol. The monoisotopic (exact) mass is 450 g/mol. The number of para-hydroxylation sites is 1. The van der Waals surface area contributed by atoms with Gasteiger partial charge in [0.25, 0.3) is 5.91 Å². The van der Waals surface area contributed by atoms with Crippen LogP contribution in [0.4, 0.5) is 11.4 Å². The predicted octanol–water partition coefficient (Wildman–Crippen LogP) is 6.00. The summed E-state index contributed by atoms with van der Waals surface area (Å²) in [5.41, 5.74) is 2.01. The molecule has 0 radical (unpaired) electrons. The molecular formula is C21H17Cl3N2O3. The number of nitrogens with one attached hydrogen (secondary N) is 1. The van der Waals surface area contributed by atoms with Crippen molar-refractivity contribution in [3.05, 3.63) is 69.4 Å². The maximum absolute atomic E-state index is 12.8. The van der Waals surface area contributed by atoms with Crippen LogP contribution >= 0.6 is 34.8 Å². The van der Waals surface area contributed by atoms with E-state index >= 15 is 0 Å². The molecule has 0 saturated carbocycles. The number of nitrogens with zero attached hydrogens (tertiary/aromatic N) is 1. The highest BCUT2D eigenvalue weighted by molar-refractivity contribution is 6.35. The van der Waals surface area contributed by atoms with Crippen LogP contribution in [0, 0.1) is 0 Å². The van der Waals surface area contributed by atoms with E-state index in [9.17, 15) is 4.79 Å². The summed E-state index contributed by atoms with van der Waals surface area (Å²) in [5.74, 6) is 0.234. The van der Waals surface area contributed by atoms with Gasteiger partial charge in [0.15, 0.2) is 5.76 Å². The predicted molar refractivity (Wildman–Crippen MR) is 117 cm³/mol. The number of furan rings is 1. The van der Waals surface area contributed by atoms with E-state index in [2.05, 4.69) is 10.2 Å². The molecule has 4 rings (SSSR count). The molecule has 5 nitrogen and oxygen atoms in total. The van der Waals surface area contributed by atoms with E-state index in [-0.39, 0.29) is 11.7 Å². The maximum atomic E-state index is 12.8. The van der Waals surface area contributed by atoms with Gasteiger partial charge in [-0.25, -0.2) is 0 Å². The SMILES string of the molecule is O=C(Nc1cccc(Cl)c1N1CCOCC1)c1ccc(-c2cc(Cl)ccc2Cl)o1. The summed E-state index contributed by atoms with van der Waals surface area (Å²) in [6.07, 6.45) is 0. The lowest BCUT2D eigenvalue weighted by Crippen LogP contribution is -2.37. The number of amides is 1. The van der Waals surface area contributed by atoms with Crippen molar-refractivity contribution in [1.29, 1.82) is 0 Å². The number of halogens is 3. The van der Waals surface area contributed by atoms with Crippen molar-refractivity contribution < 1.29 is 13.9 Å². The van der Waals surface area contributed by atoms with Gasteiger partial charge < -0.3 is 19.4 Å². The normalized spacial score (nSPS) is 14.1. The van der Waals surface area contributed by atoms with Crippen LogP contribution in [0.25, 0.3) is 11.3 Å². The van der Waals surface area contributed by atoms with Gasteiger partial charge in [-0.05, 0) is 42.5 Å². The van der Waals surface area contributed by atoms with Crippen molar-refractivity contribution in [2.75, 3.05) is 36.5 Å². The molecule has 2 aromatic carbocycles. The van der Waals surface area contributed by atoms with E-state index in [4.69, 9.17) is 44.0 Å². The molecule has 0 atom stereocenters. The number of carbonyl (C=O) groups excluding carboxylic acids is 1. The third kappa shape index (κ3) is 4.38. The standard InChI is InChI=1S/C21H17Cl3N2O3/c22-13-4-5-15(23)14(12-13)18-6-7-19(29-18)21(27)25-17-3-1-2-16(24)20(17)26-8-10-28-11-9-26/h1-7,12H,8-11H2,(H,25,27). The van der Waals surface area contributed by atoms with Crippen LogP contribution in [0.1, 0.15) is 10.6 Å². The molecule has 0 aliphatic carbocycles. The van der Waals surface area contributed by atoms with Crippen LogP contribution in [0.5, 0.6) is 0 Å². The van der Waals surface area contributed by atoms with Crippen LogP contribution in [-0.4, -0.2) is 32.2 Å². The molecule has 8 heteroatoms. The van der Waals surface area contributed by atoms with E-state index in [1.165, 1.54) is 0 Å². The van der Waals surface area contributed by atoms with Crippen LogP contribution < -0.4 is 10.2 Å². The maximum Gasteiger partial charge on any atom is 0.291 e. The van der Waals surface area contributed by atoms with Crippen molar-refractivity contribution >= 4 is 52.1 Å². The second-order valence-corrected chi connectivity index (χ2v) is 7.73. The first-order chi connectivity index (χ1) is 14.0. The lowest BCUT2D eigenvalue weighted by atomic mass is 10.2. The summed E-state index contributed by atoms with van der Waals surface area (Å²) < 4.78 is 11.1. The van der Waals surface area contributed by atoms with Crippen LogP contribution in [0.15, 0.2) is 52.9 Å². The van der Waals surface area contributed by atoms with Gasteiger partial charge in [0.1, 0.15) is 5.76 Å². The molecule has 1 aromatic heterocycles. The second kappa shape index (κ2) is 8.67. The highest BCUT2D eigenvalue weighted by atomic mass is 35.5. The van der Waals surface area contributed by atoms with E-state index in [1.54, 1.807) is 42.5 Å². The average molecular weight is 452 g/mol. The number of hydrogen-bond donors (Lipinski definition) is 1. The summed E-state index contributed by atoms with van der Waals surface area (Å²) in [5, 5.41) is 4.48. The number of benzene rings is 2. The van der Waals surface area contributed by atoms with Crippen molar-refractivity contribution in [1.82, 2.24) is 0 Å². The number of anilines is 2. The van der Waals surface area contributed by atoms with Crippen LogP contribution in [0.2, 0.25) is 15.1 Å². The summed E-state index contributed by atoms with van der Waals surface area (Å²) in [6.45, 7) is 2.62. The average Bonchev–Trinajstić information content (AvgIpc) is 3.21. The molecule has 1 N–H and O–H groups in total. The van der Waals surface area contributed by atoms with Gasteiger partial charge in [0.05, 0.1) is 34.6 Å². The summed E-state index contributed by atoms with van der Waals surface area (Å²) in [4.78, 5) is 14.9. The quantitative estimate of drug-likeness (QED) is 0.529. The zero-order valence-corrected chi connectivity index (χ0v) is 17.5. The first-order valence-electron chi connectivity index (χ1n) is 9.01. The Bertz CT molecular complexity index is 1050. The molecule has 0 spiro atoms. The van der Waals surface area contributed by atoms with Crippen molar-refractivity contribution in [2.45, 2.75) is 0 Å². The number of carbonyl (C=O) groups is 1. The van der Waals surface area contributed by atoms with Gasteiger partial charge in [-0.3, -0.25) is 4.79 Å². The Balaban J connectivity index is 1.59. The van der Waals surface area contributed by atoms with Gasteiger partial charge in [0, 0.05) is 23.7 Å². The minimum atomic E-state index is -0.383. The third-order valence-electron chi connectivity index (χ3n) is 4.59. The fourth-order valence-corrected chi connectivity index (χ4v) is 3.88. The van der Waals surface area contributed by atoms with E-state index < -0.39 is 0 Å². The molecule has 1 amide bonds. The Morgan fingerprint density at radius 2 is 1.76 bits per heavy atom. The Labute approximate surface area is 183 Å². The first-order valence-corrected chi connectivity index (χ1v) is 10.1. The smallest absolute Gasteiger partial charge is 0.291 e. The molecule has 0 bridgehead atoms. The largest absolute Gasteiger partial charge is 0.451 e. The molecule has 1 aliphatic rings. The number of rotatable bonds is 4. The lowest BCUT2D eigenvalue weighted by Gasteiger charge is -2.31. The lowest BCUT2D eigenvalue weighted by molar-refractivity contribution is 0.0997. The fourth-order valence-electron chi connectivity index (χ4n) is 3.20. The second-order valence-electron chi connectivity index (χ2n) is 6.48. The molecule has 150 valence electrons. The van der Waals surface area contributed by atoms with Gasteiger partial charge in [-0.15, -0.1) is 0 Å². The van der Waals surface area contributed by atoms with Gasteiger partial charge in [-0.2, -0.15) is 0 Å². The summed E-state index contributed by atoms with van der Waals surface area (Å²) >= 11 is 18.7.